The molecule has 11 nitrogen and oxygen atoms in total. The topological polar surface area (TPSA) is 186 Å². The van der Waals surface area contributed by atoms with E-state index in [2.05, 4.69) is 0 Å². The third-order valence-electron chi connectivity index (χ3n) is 5.40. The lowest BCUT2D eigenvalue weighted by molar-refractivity contribution is -0.277. The second kappa shape index (κ2) is 8.20. The summed E-state index contributed by atoms with van der Waals surface area (Å²) in [4.78, 5) is 12.7. The fourth-order valence-electron chi connectivity index (χ4n) is 3.68. The number of hydrogen-bond donors (Lipinski definition) is 7. The van der Waals surface area contributed by atoms with Gasteiger partial charge in [-0.1, -0.05) is 12.1 Å². The minimum absolute atomic E-state index is 0.00956. The summed E-state index contributed by atoms with van der Waals surface area (Å²) < 4.78 is 16.1. The third kappa shape index (κ3) is 3.86. The molecule has 11 heteroatoms. The highest BCUT2D eigenvalue weighted by atomic mass is 16.7. The summed E-state index contributed by atoms with van der Waals surface area (Å²) in [5.74, 6) is -4.05. The Morgan fingerprint density at radius 3 is 2.34 bits per heavy atom. The minimum atomic E-state index is -2.31. The summed E-state index contributed by atoms with van der Waals surface area (Å²) in [6, 6.07) is 7.99. The molecule has 4 rings (SSSR count). The van der Waals surface area contributed by atoms with E-state index < -0.39 is 54.6 Å². The summed E-state index contributed by atoms with van der Waals surface area (Å²) in [6.45, 7) is -0.651. The SMILES string of the molecule is O=C1c2c(O)cc(O[C@@H]3O[C@@H](CO)[C@@H](O)[C@H](O)[C@H]3O)cc2O[C@]1(O)Cc1ccc(O)cc1. The Labute approximate surface area is 181 Å². The first-order chi connectivity index (χ1) is 15.1. The standard InChI is InChI=1S/C21H22O11/c22-8-14-16(25)17(26)18(27)20(31-14)30-11-5-12(24)15-13(6-11)32-21(29,19(15)28)7-9-1-3-10(23)4-2-9/h1-6,14,16-18,20,22-27,29H,7-8H2/t14-,16+,17-,18+,20+,21+/m0/s1. The molecule has 2 aliphatic rings. The number of hydrogen-bond acceptors (Lipinski definition) is 11. The predicted molar refractivity (Wildman–Crippen MR) is 104 cm³/mol. The van der Waals surface area contributed by atoms with Gasteiger partial charge in [-0.25, -0.2) is 0 Å². The van der Waals surface area contributed by atoms with Crippen molar-refractivity contribution in [1.82, 2.24) is 0 Å². The lowest BCUT2D eigenvalue weighted by Gasteiger charge is -2.39. The molecule has 0 bridgehead atoms. The van der Waals surface area contributed by atoms with Crippen LogP contribution in [0.4, 0.5) is 0 Å². The van der Waals surface area contributed by atoms with Crippen molar-refractivity contribution in [2.45, 2.75) is 42.9 Å². The van der Waals surface area contributed by atoms with Crippen LogP contribution in [0.2, 0.25) is 0 Å². The molecular formula is C21H22O11. The van der Waals surface area contributed by atoms with E-state index in [1.807, 2.05) is 0 Å². The summed E-state index contributed by atoms with van der Waals surface area (Å²) in [6.07, 6.45) is -7.90. The molecule has 1 saturated heterocycles. The molecule has 0 spiro atoms. The Morgan fingerprint density at radius 2 is 1.69 bits per heavy atom. The summed E-state index contributed by atoms with van der Waals surface area (Å²) >= 11 is 0. The quantitative estimate of drug-likeness (QED) is 0.289. The highest BCUT2D eigenvalue weighted by Crippen LogP contribution is 2.43. The first-order valence-electron chi connectivity index (χ1n) is 9.71. The van der Waals surface area contributed by atoms with E-state index in [1.165, 1.54) is 30.3 Å². The van der Waals surface area contributed by atoms with Gasteiger partial charge >= 0.3 is 0 Å². The van der Waals surface area contributed by atoms with Gasteiger partial charge in [-0.05, 0) is 17.7 Å². The Morgan fingerprint density at radius 1 is 1.00 bits per heavy atom. The molecule has 2 aromatic carbocycles. The normalized spacial score (nSPS) is 31.8. The lowest BCUT2D eigenvalue weighted by Crippen LogP contribution is -2.60. The van der Waals surface area contributed by atoms with Crippen LogP contribution in [0.15, 0.2) is 36.4 Å². The van der Waals surface area contributed by atoms with Crippen LogP contribution < -0.4 is 9.47 Å². The van der Waals surface area contributed by atoms with E-state index in [-0.39, 0.29) is 29.2 Å². The third-order valence-corrected chi connectivity index (χ3v) is 5.40. The van der Waals surface area contributed by atoms with Gasteiger partial charge in [-0.3, -0.25) is 4.79 Å². The molecule has 0 radical (unpaired) electrons. The molecule has 2 heterocycles. The predicted octanol–water partition coefficient (Wildman–Crippen LogP) is -1.22. The van der Waals surface area contributed by atoms with Crippen molar-refractivity contribution in [3.05, 3.63) is 47.5 Å². The van der Waals surface area contributed by atoms with Gasteiger partial charge in [-0.2, -0.15) is 0 Å². The monoisotopic (exact) mass is 450 g/mol. The van der Waals surface area contributed by atoms with Crippen molar-refractivity contribution in [1.29, 1.82) is 0 Å². The van der Waals surface area contributed by atoms with Crippen molar-refractivity contribution < 1.29 is 54.8 Å². The molecule has 0 saturated carbocycles. The number of aromatic hydroxyl groups is 2. The van der Waals surface area contributed by atoms with Crippen molar-refractivity contribution in [3.63, 3.8) is 0 Å². The molecule has 7 N–H and O–H groups in total. The molecule has 6 atom stereocenters. The van der Waals surface area contributed by atoms with Crippen LogP contribution in [0.25, 0.3) is 0 Å². The number of phenols is 2. The zero-order chi connectivity index (χ0) is 23.2. The second-order valence-electron chi connectivity index (χ2n) is 7.69. The van der Waals surface area contributed by atoms with Crippen LogP contribution >= 0.6 is 0 Å². The van der Waals surface area contributed by atoms with Crippen LogP contribution in [-0.4, -0.2) is 84.6 Å². The number of ether oxygens (including phenoxy) is 3. The second-order valence-corrected chi connectivity index (χ2v) is 7.69. The highest BCUT2D eigenvalue weighted by molar-refractivity contribution is 6.08. The van der Waals surface area contributed by atoms with Crippen molar-refractivity contribution in [3.8, 4) is 23.0 Å². The van der Waals surface area contributed by atoms with E-state index >= 15 is 0 Å². The molecule has 0 unspecified atom stereocenters. The van der Waals surface area contributed by atoms with Crippen LogP contribution in [0, 0.1) is 0 Å². The van der Waals surface area contributed by atoms with Crippen LogP contribution in [-0.2, 0) is 11.2 Å². The van der Waals surface area contributed by atoms with Gasteiger partial charge in [0.15, 0.2) is 0 Å². The number of fused-ring (bicyclic) bond motifs is 1. The van der Waals surface area contributed by atoms with E-state index in [0.29, 0.717) is 5.56 Å². The Balaban J connectivity index is 1.56. The van der Waals surface area contributed by atoms with Crippen molar-refractivity contribution >= 4 is 5.78 Å². The fraction of sp³-hybridized carbons (Fsp3) is 0.381. The number of phenolic OH excluding ortho intramolecular Hbond substituents is 2. The van der Waals surface area contributed by atoms with Gasteiger partial charge in [0, 0.05) is 18.6 Å². The van der Waals surface area contributed by atoms with Crippen molar-refractivity contribution in [2.24, 2.45) is 0 Å². The van der Waals surface area contributed by atoms with Gasteiger partial charge in [-0.15, -0.1) is 0 Å². The number of ketones is 1. The largest absolute Gasteiger partial charge is 0.508 e. The molecule has 0 aliphatic carbocycles. The van der Waals surface area contributed by atoms with Crippen LogP contribution in [0.3, 0.4) is 0 Å². The van der Waals surface area contributed by atoms with E-state index in [1.54, 1.807) is 0 Å². The maximum absolute atomic E-state index is 12.7. The molecular weight excluding hydrogens is 428 g/mol. The maximum Gasteiger partial charge on any atom is 0.277 e. The first kappa shape index (κ1) is 22.3. The summed E-state index contributed by atoms with van der Waals surface area (Å²) in [5, 5.41) is 69.6. The molecule has 1 fully saturated rings. The van der Waals surface area contributed by atoms with Crippen LogP contribution in [0.1, 0.15) is 15.9 Å². The van der Waals surface area contributed by atoms with E-state index in [4.69, 9.17) is 14.2 Å². The minimum Gasteiger partial charge on any atom is -0.508 e. The number of carbonyl (C=O) groups excluding carboxylic acids is 1. The van der Waals surface area contributed by atoms with Gasteiger partial charge in [0.1, 0.15) is 53.0 Å². The zero-order valence-corrected chi connectivity index (χ0v) is 16.5. The average molecular weight is 450 g/mol. The van der Waals surface area contributed by atoms with Crippen molar-refractivity contribution in [2.75, 3.05) is 6.61 Å². The Hall–Kier alpha value is -2.93. The van der Waals surface area contributed by atoms with E-state index in [0.717, 1.165) is 6.07 Å². The first-order valence-corrected chi connectivity index (χ1v) is 9.71. The van der Waals surface area contributed by atoms with Gasteiger partial charge in [0.05, 0.1) is 6.61 Å². The van der Waals surface area contributed by atoms with Gasteiger partial charge < -0.3 is 50.0 Å². The molecule has 172 valence electrons. The molecule has 2 aromatic rings. The molecule has 0 aromatic heterocycles. The van der Waals surface area contributed by atoms with E-state index in [9.17, 15) is 40.5 Å². The van der Waals surface area contributed by atoms with Gasteiger partial charge in [0.2, 0.25) is 12.1 Å². The van der Waals surface area contributed by atoms with Gasteiger partial charge in [0.25, 0.3) is 5.79 Å². The average Bonchev–Trinajstić information content (AvgIpc) is 3.00. The lowest BCUT2D eigenvalue weighted by atomic mass is 9.98. The molecule has 0 amide bonds. The Kier molecular flexibility index (Phi) is 5.71. The maximum atomic E-state index is 12.7. The summed E-state index contributed by atoms with van der Waals surface area (Å²) in [5.41, 5.74) is 0.219. The summed E-state index contributed by atoms with van der Waals surface area (Å²) in [7, 11) is 0. The number of benzene rings is 2. The highest BCUT2D eigenvalue weighted by Gasteiger charge is 2.49. The number of aliphatic hydroxyl groups is 5. The zero-order valence-electron chi connectivity index (χ0n) is 16.5. The Bertz CT molecular complexity index is 1010. The smallest absolute Gasteiger partial charge is 0.277 e. The molecule has 2 aliphatic heterocycles. The fourth-order valence-corrected chi connectivity index (χ4v) is 3.68. The number of carbonyl (C=O) groups is 1. The number of rotatable bonds is 5. The van der Waals surface area contributed by atoms with Crippen LogP contribution in [0.5, 0.6) is 23.0 Å². The molecule has 32 heavy (non-hydrogen) atoms. The number of Topliss-reactive ketones (excluding diaryl/α,β-unsaturated/α-hetero) is 1. The number of aliphatic hydroxyl groups excluding tert-OH is 4.